The zero-order chi connectivity index (χ0) is 21.0. The van der Waals surface area contributed by atoms with Gasteiger partial charge in [0.25, 0.3) is 5.91 Å². The SMILES string of the molecule is CC[C@H](C)[C@H]1[NH2+][C@]2(C(=O)Nc3ccccc32)[C@@H]2C(=O)N(Cc3ccccc3)C(=O)[C@H]12. The number of nitrogens with two attached hydrogens (primary N) is 1. The van der Waals surface area contributed by atoms with Crippen LogP contribution in [0, 0.1) is 17.8 Å². The summed E-state index contributed by atoms with van der Waals surface area (Å²) in [5, 5.41) is 4.99. The Morgan fingerprint density at radius 1 is 1.03 bits per heavy atom. The average Bonchev–Trinajstić information content (AvgIpc) is 3.35. The Kier molecular flexibility index (Phi) is 4.29. The van der Waals surface area contributed by atoms with Crippen LogP contribution in [0.15, 0.2) is 54.6 Å². The number of fused-ring (bicyclic) bond motifs is 4. The predicted octanol–water partition coefficient (Wildman–Crippen LogP) is 1.63. The van der Waals surface area contributed by atoms with E-state index in [1.807, 2.05) is 59.9 Å². The van der Waals surface area contributed by atoms with Crippen LogP contribution in [0.4, 0.5) is 5.69 Å². The quantitative estimate of drug-likeness (QED) is 0.760. The van der Waals surface area contributed by atoms with Crippen LogP contribution in [0.2, 0.25) is 0 Å². The van der Waals surface area contributed by atoms with Gasteiger partial charge in [-0.05, 0) is 18.1 Å². The molecule has 0 aromatic heterocycles. The van der Waals surface area contributed by atoms with Gasteiger partial charge in [0, 0.05) is 11.5 Å². The maximum Gasteiger partial charge on any atom is 0.291 e. The molecule has 5 rings (SSSR count). The number of nitrogens with zero attached hydrogens (tertiary/aromatic N) is 1. The molecule has 0 saturated carbocycles. The second kappa shape index (κ2) is 6.77. The third-order valence-electron chi connectivity index (χ3n) is 7.28. The van der Waals surface area contributed by atoms with Gasteiger partial charge in [0.1, 0.15) is 17.9 Å². The lowest BCUT2D eigenvalue weighted by molar-refractivity contribution is -0.738. The summed E-state index contributed by atoms with van der Waals surface area (Å²) in [6.45, 7) is 4.44. The highest BCUT2D eigenvalue weighted by Crippen LogP contribution is 2.50. The van der Waals surface area contributed by atoms with Crippen molar-refractivity contribution in [3.05, 3.63) is 65.7 Å². The predicted molar refractivity (Wildman–Crippen MR) is 111 cm³/mol. The fraction of sp³-hybridized carbons (Fsp3) is 0.375. The van der Waals surface area contributed by atoms with E-state index in [1.165, 1.54) is 4.90 Å². The number of para-hydroxylation sites is 1. The number of benzene rings is 2. The number of imide groups is 1. The first-order valence-electron chi connectivity index (χ1n) is 10.6. The first-order chi connectivity index (χ1) is 14.5. The molecular formula is C24H26N3O3+. The lowest BCUT2D eigenvalue weighted by atomic mass is 9.75. The molecule has 2 aromatic carbocycles. The van der Waals surface area contributed by atoms with E-state index in [-0.39, 0.29) is 36.2 Å². The highest BCUT2D eigenvalue weighted by Gasteiger charge is 2.74. The molecule has 3 N–H and O–H groups in total. The summed E-state index contributed by atoms with van der Waals surface area (Å²) in [4.78, 5) is 41.9. The van der Waals surface area contributed by atoms with Crippen molar-refractivity contribution in [1.82, 2.24) is 4.90 Å². The van der Waals surface area contributed by atoms with Crippen molar-refractivity contribution >= 4 is 23.4 Å². The molecule has 3 aliphatic heterocycles. The summed E-state index contributed by atoms with van der Waals surface area (Å²) in [6.07, 6.45) is 0.879. The van der Waals surface area contributed by atoms with Crippen LogP contribution in [0.3, 0.4) is 0 Å². The van der Waals surface area contributed by atoms with Gasteiger partial charge in [-0.1, -0.05) is 62.4 Å². The van der Waals surface area contributed by atoms with E-state index in [4.69, 9.17) is 0 Å². The maximum absolute atomic E-state index is 13.7. The lowest BCUT2D eigenvalue weighted by Gasteiger charge is -2.27. The first kappa shape index (κ1) is 19.0. The van der Waals surface area contributed by atoms with Crippen molar-refractivity contribution in [2.45, 2.75) is 38.4 Å². The minimum Gasteiger partial charge on any atom is -0.326 e. The van der Waals surface area contributed by atoms with Crippen molar-refractivity contribution in [3.63, 3.8) is 0 Å². The summed E-state index contributed by atoms with van der Waals surface area (Å²) in [5.74, 6) is -1.55. The van der Waals surface area contributed by atoms with Gasteiger partial charge in [-0.3, -0.25) is 19.3 Å². The molecule has 2 fully saturated rings. The van der Waals surface area contributed by atoms with E-state index in [0.717, 1.165) is 23.2 Å². The fourth-order valence-electron chi connectivity index (χ4n) is 5.62. The van der Waals surface area contributed by atoms with Crippen LogP contribution in [-0.2, 0) is 26.5 Å². The molecule has 6 heteroatoms. The van der Waals surface area contributed by atoms with Crippen molar-refractivity contribution in [3.8, 4) is 0 Å². The fourth-order valence-corrected chi connectivity index (χ4v) is 5.62. The van der Waals surface area contributed by atoms with Crippen molar-refractivity contribution in [2.75, 3.05) is 5.32 Å². The van der Waals surface area contributed by atoms with Crippen LogP contribution in [-0.4, -0.2) is 28.7 Å². The zero-order valence-electron chi connectivity index (χ0n) is 17.2. The maximum atomic E-state index is 13.7. The van der Waals surface area contributed by atoms with Crippen molar-refractivity contribution in [2.24, 2.45) is 17.8 Å². The number of anilines is 1. The monoisotopic (exact) mass is 404 g/mol. The molecule has 0 bridgehead atoms. The Balaban J connectivity index is 1.62. The summed E-state index contributed by atoms with van der Waals surface area (Å²) >= 11 is 0. The number of likely N-dealkylation sites (tertiary alicyclic amines) is 1. The van der Waals surface area contributed by atoms with Gasteiger partial charge in [0.15, 0.2) is 0 Å². The van der Waals surface area contributed by atoms with E-state index >= 15 is 0 Å². The molecule has 0 unspecified atom stereocenters. The Labute approximate surface area is 175 Å². The highest BCUT2D eigenvalue weighted by molar-refractivity contribution is 6.13. The minimum atomic E-state index is -1.08. The number of rotatable bonds is 4. The Hall–Kier alpha value is -2.99. The van der Waals surface area contributed by atoms with Crippen molar-refractivity contribution < 1.29 is 19.7 Å². The van der Waals surface area contributed by atoms with Gasteiger partial charge < -0.3 is 10.6 Å². The second-order valence-corrected chi connectivity index (χ2v) is 8.75. The van der Waals surface area contributed by atoms with Crippen LogP contribution in [0.1, 0.15) is 31.4 Å². The van der Waals surface area contributed by atoms with Crippen molar-refractivity contribution in [1.29, 1.82) is 0 Å². The molecule has 154 valence electrons. The molecule has 2 saturated heterocycles. The second-order valence-electron chi connectivity index (χ2n) is 8.75. The summed E-state index contributed by atoms with van der Waals surface area (Å²) in [6, 6.07) is 17.0. The van der Waals surface area contributed by atoms with Crippen LogP contribution >= 0.6 is 0 Å². The zero-order valence-corrected chi connectivity index (χ0v) is 17.2. The normalized spacial score (nSPS) is 30.5. The van der Waals surface area contributed by atoms with E-state index in [2.05, 4.69) is 19.2 Å². The van der Waals surface area contributed by atoms with Gasteiger partial charge in [-0.25, -0.2) is 0 Å². The number of quaternary nitrogens is 1. The van der Waals surface area contributed by atoms with Gasteiger partial charge in [0.2, 0.25) is 17.4 Å². The molecular weight excluding hydrogens is 378 g/mol. The van der Waals surface area contributed by atoms with E-state index in [1.54, 1.807) is 0 Å². The summed E-state index contributed by atoms with van der Waals surface area (Å²) in [7, 11) is 0. The molecule has 1 spiro atoms. The van der Waals surface area contributed by atoms with Gasteiger partial charge in [0.05, 0.1) is 12.2 Å². The topological polar surface area (TPSA) is 83.1 Å². The molecule has 6 nitrogen and oxygen atoms in total. The molecule has 30 heavy (non-hydrogen) atoms. The Bertz CT molecular complexity index is 1040. The molecule has 2 aromatic rings. The average molecular weight is 404 g/mol. The Morgan fingerprint density at radius 2 is 1.73 bits per heavy atom. The molecule has 3 aliphatic rings. The summed E-state index contributed by atoms with van der Waals surface area (Å²) < 4.78 is 0. The molecule has 3 amide bonds. The van der Waals surface area contributed by atoms with E-state index in [9.17, 15) is 14.4 Å². The van der Waals surface area contributed by atoms with Gasteiger partial charge >= 0.3 is 0 Å². The molecule has 5 atom stereocenters. The number of hydrogen-bond donors (Lipinski definition) is 2. The molecule has 3 heterocycles. The molecule has 0 aliphatic carbocycles. The smallest absolute Gasteiger partial charge is 0.291 e. The van der Waals surface area contributed by atoms with Crippen LogP contribution in [0.5, 0.6) is 0 Å². The van der Waals surface area contributed by atoms with Gasteiger partial charge in [-0.15, -0.1) is 0 Å². The number of hydrogen-bond acceptors (Lipinski definition) is 3. The Morgan fingerprint density at radius 3 is 2.47 bits per heavy atom. The third kappa shape index (κ3) is 2.43. The number of carbonyl (C=O) groups excluding carboxylic acids is 3. The number of amides is 3. The van der Waals surface area contributed by atoms with Gasteiger partial charge in [-0.2, -0.15) is 0 Å². The van der Waals surface area contributed by atoms with E-state index in [0.29, 0.717) is 0 Å². The molecule has 0 radical (unpaired) electrons. The number of nitrogens with one attached hydrogen (secondary N) is 1. The van der Waals surface area contributed by atoms with E-state index < -0.39 is 17.4 Å². The first-order valence-corrected chi connectivity index (χ1v) is 10.6. The standard InChI is InChI=1S/C24H25N3O3/c1-3-14(2)20-18-19(22(29)27(21(18)28)13-15-9-5-4-6-10-15)24(26-20)16-11-7-8-12-17(16)25-23(24)30/h4-12,14,18-20,26H,3,13H2,1-2H3,(H,25,30)/p+1/t14-,18-,19-,20+,24-/m0/s1. The lowest BCUT2D eigenvalue weighted by Crippen LogP contribution is -2.99. The third-order valence-corrected chi connectivity index (χ3v) is 7.28. The van der Waals surface area contributed by atoms with Crippen LogP contribution < -0.4 is 10.6 Å². The summed E-state index contributed by atoms with van der Waals surface area (Å²) in [5.41, 5.74) is 1.39. The largest absolute Gasteiger partial charge is 0.326 e. The highest BCUT2D eigenvalue weighted by atomic mass is 16.2. The minimum absolute atomic E-state index is 0.117. The van der Waals surface area contributed by atoms with Crippen LogP contribution in [0.25, 0.3) is 0 Å². The number of carbonyl (C=O) groups is 3.